The Bertz CT molecular complexity index is 3660. The second-order valence-corrected chi connectivity index (χ2v) is 20.8. The van der Waals surface area contributed by atoms with E-state index in [0.29, 0.717) is 0 Å². The fourth-order valence-electron chi connectivity index (χ4n) is 13.3. The Balaban J connectivity index is 1.12. The van der Waals surface area contributed by atoms with E-state index in [-0.39, 0.29) is 5.41 Å². The number of hydrogen-bond acceptors (Lipinski definition) is 2. The minimum atomic E-state index is -0.131. The van der Waals surface area contributed by atoms with Gasteiger partial charge in [0.1, 0.15) is 0 Å². The van der Waals surface area contributed by atoms with Crippen LogP contribution in [-0.2, 0) is 24.7 Å². The van der Waals surface area contributed by atoms with Gasteiger partial charge in [0, 0.05) is 39.6 Å². The molecule has 0 saturated carbocycles. The first-order chi connectivity index (χ1) is 34.0. The van der Waals surface area contributed by atoms with Crippen LogP contribution in [0.5, 0.6) is 0 Å². The molecule has 0 amide bonds. The summed E-state index contributed by atoms with van der Waals surface area (Å²) in [6.45, 7) is 4.83. The summed E-state index contributed by atoms with van der Waals surface area (Å²) in [7, 11) is 0. The zero-order valence-electron chi connectivity index (χ0n) is 39.8. The molecule has 0 fully saturated rings. The Morgan fingerprint density at radius 3 is 1.65 bits per heavy atom. The Hall–Kier alpha value is -7.42. The van der Waals surface area contributed by atoms with Crippen molar-refractivity contribution in [2.75, 3.05) is 9.80 Å². The summed E-state index contributed by atoms with van der Waals surface area (Å²) in [6.07, 6.45) is 25.1. The lowest BCUT2D eigenvalue weighted by atomic mass is 9.80. The van der Waals surface area contributed by atoms with Gasteiger partial charge in [-0.05, 0) is 212 Å². The molecule has 4 aliphatic carbocycles. The Morgan fingerprint density at radius 1 is 0.391 bits per heavy atom. The number of rotatable bonds is 4. The standard InChI is InChI=1S/C67H56N2/c1-67(2)58-24-10-9-22-54(58)66-55(23-15-25-59(66)67)65-53-39-37-50(68-60-26-11-5-17-44(60)31-32-45-18-6-12-27-61(45)68)41-56(53)64(49-35-30-43-16-3-4-21-48(43)40-49)52-38-36-51(42-57(52)65)69-62-28-13-7-19-46(62)33-34-47-20-8-14-29-63(47)69/h3,5,7,9-17,19,22-30,35-42H,4,6,8,18,20-21,31-34H2,1-2H3. The average molecular weight is 889 g/mol. The highest BCUT2D eigenvalue weighted by Crippen LogP contribution is 2.56. The van der Waals surface area contributed by atoms with Crippen molar-refractivity contribution < 1.29 is 0 Å². The molecule has 2 aliphatic heterocycles. The zero-order valence-corrected chi connectivity index (χ0v) is 39.8. The third-order valence-electron chi connectivity index (χ3n) is 16.6. The van der Waals surface area contributed by atoms with E-state index in [4.69, 9.17) is 0 Å². The van der Waals surface area contributed by atoms with Crippen LogP contribution in [0.2, 0.25) is 0 Å². The molecule has 14 rings (SSSR count). The molecule has 0 bridgehead atoms. The molecule has 2 heteroatoms. The Kier molecular flexibility index (Phi) is 9.32. The molecule has 0 spiro atoms. The van der Waals surface area contributed by atoms with Gasteiger partial charge in [-0.25, -0.2) is 0 Å². The Morgan fingerprint density at radius 2 is 0.957 bits per heavy atom. The first-order valence-corrected chi connectivity index (χ1v) is 25.6. The van der Waals surface area contributed by atoms with E-state index in [0.717, 1.165) is 64.2 Å². The third-order valence-corrected chi connectivity index (χ3v) is 16.6. The number of hydrogen-bond donors (Lipinski definition) is 0. The van der Waals surface area contributed by atoms with Crippen LogP contribution in [0.25, 0.3) is 61.0 Å². The maximum absolute atomic E-state index is 2.60. The fraction of sp³-hybridized carbons (Fsp3) is 0.194. The van der Waals surface area contributed by atoms with Crippen LogP contribution in [0.1, 0.15) is 92.2 Å². The topological polar surface area (TPSA) is 6.48 Å². The first kappa shape index (κ1) is 40.6. The van der Waals surface area contributed by atoms with Crippen LogP contribution in [0.4, 0.5) is 22.7 Å². The van der Waals surface area contributed by atoms with Crippen molar-refractivity contribution in [1.29, 1.82) is 0 Å². The van der Waals surface area contributed by atoms with Crippen LogP contribution in [0.3, 0.4) is 0 Å². The Labute approximate surface area is 407 Å². The van der Waals surface area contributed by atoms with Crippen molar-refractivity contribution in [1.82, 2.24) is 0 Å². The van der Waals surface area contributed by atoms with Crippen molar-refractivity contribution in [3.8, 4) is 33.4 Å². The molecule has 69 heavy (non-hydrogen) atoms. The molecule has 2 heterocycles. The summed E-state index contributed by atoms with van der Waals surface area (Å²) in [5, 5.41) is 5.16. The number of allylic oxidation sites excluding steroid dienone is 7. The summed E-state index contributed by atoms with van der Waals surface area (Å²) < 4.78 is 0. The molecule has 8 aromatic rings. The third kappa shape index (κ3) is 6.31. The molecule has 0 atom stereocenters. The molecule has 2 nitrogen and oxygen atoms in total. The minimum absolute atomic E-state index is 0.131. The molecule has 6 aliphatic rings. The highest BCUT2D eigenvalue weighted by molar-refractivity contribution is 6.24. The number of fused-ring (bicyclic) bond motifs is 8. The molecule has 334 valence electrons. The number of benzene rings is 8. The maximum Gasteiger partial charge on any atom is 0.0493 e. The van der Waals surface area contributed by atoms with Gasteiger partial charge in [-0.3, -0.25) is 0 Å². The van der Waals surface area contributed by atoms with Gasteiger partial charge in [-0.15, -0.1) is 0 Å². The van der Waals surface area contributed by atoms with Gasteiger partial charge in [0.25, 0.3) is 0 Å². The molecule has 0 saturated heterocycles. The number of aryl methyl sites for hydroxylation is 3. The van der Waals surface area contributed by atoms with Crippen molar-refractivity contribution >= 4 is 50.4 Å². The van der Waals surface area contributed by atoms with E-state index in [2.05, 4.69) is 206 Å². The van der Waals surface area contributed by atoms with E-state index >= 15 is 0 Å². The van der Waals surface area contributed by atoms with Crippen LogP contribution < -0.4 is 9.80 Å². The van der Waals surface area contributed by atoms with Crippen LogP contribution in [-0.4, -0.2) is 0 Å². The van der Waals surface area contributed by atoms with Gasteiger partial charge in [-0.1, -0.05) is 147 Å². The zero-order chi connectivity index (χ0) is 45.8. The van der Waals surface area contributed by atoms with Gasteiger partial charge in [0.2, 0.25) is 0 Å². The van der Waals surface area contributed by atoms with Gasteiger partial charge >= 0.3 is 0 Å². The van der Waals surface area contributed by atoms with E-state index in [1.807, 2.05) is 0 Å². The van der Waals surface area contributed by atoms with Gasteiger partial charge in [0.15, 0.2) is 0 Å². The summed E-state index contributed by atoms with van der Waals surface area (Å²) >= 11 is 0. The van der Waals surface area contributed by atoms with Crippen LogP contribution in [0.15, 0.2) is 199 Å². The SMILES string of the molecule is CC1(C)c2ccccc2-c2c(-c3c4ccc(N5C6=C(CCC=C6)CCc6ccccc65)cc4c(-c4ccc5c(c4)CCC=C5)c4ccc(N5C6=C(CCC=C6)CCc6ccccc65)cc34)cccc21. The highest BCUT2D eigenvalue weighted by atomic mass is 15.2. The largest absolute Gasteiger partial charge is 0.310 e. The summed E-state index contributed by atoms with van der Waals surface area (Å²) in [4.78, 5) is 5.20. The smallest absolute Gasteiger partial charge is 0.0493 e. The number of para-hydroxylation sites is 2. The van der Waals surface area contributed by atoms with Crippen molar-refractivity contribution in [2.24, 2.45) is 0 Å². The lowest BCUT2D eigenvalue weighted by Gasteiger charge is -2.31. The fourth-order valence-corrected chi connectivity index (χ4v) is 13.3. The summed E-state index contributed by atoms with van der Waals surface area (Å²) in [6, 6.07) is 56.9. The first-order valence-electron chi connectivity index (χ1n) is 25.6. The van der Waals surface area contributed by atoms with E-state index in [1.165, 1.54) is 122 Å². The molecule has 8 aromatic carbocycles. The highest BCUT2D eigenvalue weighted by Gasteiger charge is 2.38. The van der Waals surface area contributed by atoms with Gasteiger partial charge in [-0.2, -0.15) is 0 Å². The molecular weight excluding hydrogens is 833 g/mol. The molecular formula is C67H56N2. The lowest BCUT2D eigenvalue weighted by molar-refractivity contribution is 0.660. The van der Waals surface area contributed by atoms with Gasteiger partial charge < -0.3 is 9.80 Å². The average Bonchev–Trinajstić information content (AvgIpc) is 3.50. The van der Waals surface area contributed by atoms with Crippen molar-refractivity contribution in [3.63, 3.8) is 0 Å². The monoisotopic (exact) mass is 888 g/mol. The van der Waals surface area contributed by atoms with Gasteiger partial charge in [0.05, 0.1) is 0 Å². The molecule has 0 unspecified atom stereocenters. The summed E-state index contributed by atoms with van der Waals surface area (Å²) in [5.41, 5.74) is 27.0. The second kappa shape index (κ2) is 15.8. The lowest BCUT2D eigenvalue weighted by Crippen LogP contribution is -2.18. The molecule has 0 radical (unpaired) electrons. The van der Waals surface area contributed by atoms with E-state index < -0.39 is 0 Å². The van der Waals surface area contributed by atoms with E-state index in [1.54, 1.807) is 11.1 Å². The molecule has 0 N–H and O–H groups in total. The van der Waals surface area contributed by atoms with Crippen molar-refractivity contribution in [2.45, 2.75) is 83.5 Å². The minimum Gasteiger partial charge on any atom is -0.310 e. The number of anilines is 4. The van der Waals surface area contributed by atoms with Crippen molar-refractivity contribution in [3.05, 3.63) is 232 Å². The molecule has 0 aromatic heterocycles. The second-order valence-electron chi connectivity index (χ2n) is 20.8. The van der Waals surface area contributed by atoms with Crippen LogP contribution >= 0.6 is 0 Å². The quantitative estimate of drug-likeness (QED) is 0.163. The maximum atomic E-state index is 2.60. The summed E-state index contributed by atoms with van der Waals surface area (Å²) in [5.74, 6) is 0. The van der Waals surface area contributed by atoms with Crippen LogP contribution in [0, 0.1) is 0 Å². The number of nitrogens with zero attached hydrogens (tertiary/aromatic N) is 2. The predicted molar refractivity (Wildman–Crippen MR) is 292 cm³/mol. The van der Waals surface area contributed by atoms with E-state index in [9.17, 15) is 0 Å². The normalized spacial score (nSPS) is 17.5. The predicted octanol–water partition coefficient (Wildman–Crippen LogP) is 18.0.